The Bertz CT molecular complexity index is 486. The Morgan fingerprint density at radius 2 is 2.00 bits per heavy atom. The molecule has 0 spiro atoms. The van der Waals surface area contributed by atoms with E-state index in [-0.39, 0.29) is 11.2 Å². The standard InChI is InChI=1S/C10H19N3O2S2/c1-10(2,3)9-7(5-12-4)16-8(13-9)6-17(11,14)15/h12H,5-6H2,1-4H3,(H2,11,14,15). The van der Waals surface area contributed by atoms with Gasteiger partial charge in [0.1, 0.15) is 10.8 Å². The molecule has 0 radical (unpaired) electrons. The molecule has 0 aliphatic carbocycles. The minimum absolute atomic E-state index is 0.0979. The Morgan fingerprint density at radius 1 is 1.41 bits per heavy atom. The van der Waals surface area contributed by atoms with Crippen molar-refractivity contribution in [2.75, 3.05) is 7.05 Å². The zero-order valence-corrected chi connectivity index (χ0v) is 12.2. The molecule has 5 nitrogen and oxygen atoms in total. The van der Waals surface area contributed by atoms with Crippen LogP contribution in [0.1, 0.15) is 36.3 Å². The number of nitrogens with one attached hydrogen (secondary N) is 1. The Hall–Kier alpha value is -0.500. The normalized spacial score (nSPS) is 13.0. The van der Waals surface area contributed by atoms with Crippen molar-refractivity contribution in [1.82, 2.24) is 10.3 Å². The van der Waals surface area contributed by atoms with Crippen LogP contribution < -0.4 is 10.5 Å². The SMILES string of the molecule is CNCc1sc(CS(N)(=O)=O)nc1C(C)(C)C. The molecule has 3 N–H and O–H groups in total. The van der Waals surface area contributed by atoms with Crippen LogP contribution in [0.4, 0.5) is 0 Å². The summed E-state index contributed by atoms with van der Waals surface area (Å²) in [5.74, 6) is -0.190. The summed E-state index contributed by atoms with van der Waals surface area (Å²) in [6.45, 7) is 6.86. The van der Waals surface area contributed by atoms with Gasteiger partial charge in [0.2, 0.25) is 10.0 Å². The summed E-state index contributed by atoms with van der Waals surface area (Å²) in [6, 6.07) is 0. The van der Waals surface area contributed by atoms with Gasteiger partial charge in [-0.3, -0.25) is 0 Å². The van der Waals surface area contributed by atoms with Crippen molar-refractivity contribution in [3.8, 4) is 0 Å². The second-order valence-corrected chi connectivity index (χ2v) is 7.75. The second kappa shape index (κ2) is 5.01. The lowest BCUT2D eigenvalue weighted by molar-refractivity contribution is 0.561. The fourth-order valence-corrected chi connectivity index (χ4v) is 3.72. The van der Waals surface area contributed by atoms with Crippen LogP contribution in [0.25, 0.3) is 0 Å². The van der Waals surface area contributed by atoms with Crippen LogP contribution in [0.15, 0.2) is 0 Å². The molecule has 0 atom stereocenters. The predicted octanol–water partition coefficient (Wildman–Crippen LogP) is 0.949. The first-order chi connectivity index (χ1) is 7.63. The summed E-state index contributed by atoms with van der Waals surface area (Å²) in [5.41, 5.74) is 0.842. The molecule has 1 heterocycles. The summed E-state index contributed by atoms with van der Waals surface area (Å²) in [5, 5.41) is 8.65. The van der Waals surface area contributed by atoms with Crippen molar-refractivity contribution >= 4 is 21.4 Å². The number of nitrogens with zero attached hydrogens (tertiary/aromatic N) is 1. The Labute approximate surface area is 106 Å². The number of rotatable bonds is 4. The molecule has 0 unspecified atom stereocenters. The number of hydrogen-bond acceptors (Lipinski definition) is 5. The molecule has 0 saturated heterocycles. The van der Waals surface area contributed by atoms with Gasteiger partial charge >= 0.3 is 0 Å². The maximum Gasteiger partial charge on any atom is 0.215 e. The average molecular weight is 277 g/mol. The maximum atomic E-state index is 11.1. The molecule has 98 valence electrons. The summed E-state index contributed by atoms with van der Waals surface area (Å²) in [7, 11) is -1.66. The molecule has 1 aromatic rings. The highest BCUT2D eigenvalue weighted by atomic mass is 32.2. The third kappa shape index (κ3) is 4.34. The molecular formula is C10H19N3O2S2. The van der Waals surface area contributed by atoms with Crippen molar-refractivity contribution in [1.29, 1.82) is 0 Å². The maximum absolute atomic E-state index is 11.1. The Kier molecular flexibility index (Phi) is 4.29. The van der Waals surface area contributed by atoms with Crippen LogP contribution in [0.5, 0.6) is 0 Å². The highest BCUT2D eigenvalue weighted by Gasteiger charge is 2.23. The molecule has 0 bridgehead atoms. The molecule has 17 heavy (non-hydrogen) atoms. The van der Waals surface area contributed by atoms with Crippen molar-refractivity contribution in [3.63, 3.8) is 0 Å². The highest BCUT2D eigenvalue weighted by Crippen LogP contribution is 2.30. The Morgan fingerprint density at radius 3 is 2.41 bits per heavy atom. The van der Waals surface area contributed by atoms with Gasteiger partial charge in [-0.2, -0.15) is 0 Å². The lowest BCUT2D eigenvalue weighted by Crippen LogP contribution is -2.17. The molecule has 1 aromatic heterocycles. The van der Waals surface area contributed by atoms with E-state index in [0.29, 0.717) is 11.6 Å². The van der Waals surface area contributed by atoms with Gasteiger partial charge < -0.3 is 5.32 Å². The van der Waals surface area contributed by atoms with Gasteiger partial charge in [0.25, 0.3) is 0 Å². The fourth-order valence-electron chi connectivity index (χ4n) is 1.50. The summed E-state index contributed by atoms with van der Waals surface area (Å²) >= 11 is 1.41. The van der Waals surface area contributed by atoms with Crippen LogP contribution in [-0.4, -0.2) is 20.4 Å². The van der Waals surface area contributed by atoms with Crippen LogP contribution in [0.2, 0.25) is 0 Å². The molecule has 7 heteroatoms. The first-order valence-electron chi connectivity index (χ1n) is 5.27. The number of sulfonamides is 1. The first kappa shape index (κ1) is 14.6. The molecular weight excluding hydrogens is 258 g/mol. The Balaban J connectivity index is 3.13. The van der Waals surface area contributed by atoms with Gasteiger partial charge in [-0.15, -0.1) is 11.3 Å². The van der Waals surface area contributed by atoms with Crippen molar-refractivity contribution < 1.29 is 8.42 Å². The van der Waals surface area contributed by atoms with E-state index in [4.69, 9.17) is 5.14 Å². The largest absolute Gasteiger partial charge is 0.315 e. The monoisotopic (exact) mass is 277 g/mol. The summed E-state index contributed by atoms with van der Waals surface area (Å²) in [6.07, 6.45) is 0. The zero-order valence-electron chi connectivity index (χ0n) is 10.6. The molecule has 1 rings (SSSR count). The molecule has 0 aromatic carbocycles. The van der Waals surface area contributed by atoms with Gasteiger partial charge in [0.15, 0.2) is 0 Å². The van der Waals surface area contributed by atoms with Gasteiger partial charge in [-0.05, 0) is 7.05 Å². The third-order valence-electron chi connectivity index (χ3n) is 2.11. The molecule has 0 aliphatic rings. The minimum Gasteiger partial charge on any atom is -0.315 e. The first-order valence-corrected chi connectivity index (χ1v) is 7.81. The van der Waals surface area contributed by atoms with Gasteiger partial charge in [-0.25, -0.2) is 18.5 Å². The van der Waals surface area contributed by atoms with Gasteiger partial charge in [0.05, 0.1) is 5.69 Å². The smallest absolute Gasteiger partial charge is 0.215 e. The fraction of sp³-hybridized carbons (Fsp3) is 0.700. The number of primary sulfonamides is 1. The van der Waals surface area contributed by atoms with Crippen molar-refractivity contribution in [2.24, 2.45) is 5.14 Å². The van der Waals surface area contributed by atoms with Gasteiger partial charge in [-0.1, -0.05) is 20.8 Å². The summed E-state index contributed by atoms with van der Waals surface area (Å²) < 4.78 is 22.1. The van der Waals surface area contributed by atoms with Crippen molar-refractivity contribution in [2.45, 2.75) is 38.5 Å². The van der Waals surface area contributed by atoms with E-state index in [2.05, 4.69) is 31.1 Å². The third-order valence-corrected chi connectivity index (χ3v) is 4.03. The van der Waals surface area contributed by atoms with E-state index < -0.39 is 10.0 Å². The van der Waals surface area contributed by atoms with E-state index >= 15 is 0 Å². The van der Waals surface area contributed by atoms with E-state index in [1.165, 1.54) is 11.3 Å². The van der Waals surface area contributed by atoms with Crippen LogP contribution in [0.3, 0.4) is 0 Å². The van der Waals surface area contributed by atoms with Crippen LogP contribution in [-0.2, 0) is 27.7 Å². The number of aromatic nitrogens is 1. The van der Waals surface area contributed by atoms with Gasteiger partial charge in [0, 0.05) is 16.8 Å². The highest BCUT2D eigenvalue weighted by molar-refractivity contribution is 7.88. The topological polar surface area (TPSA) is 85.1 Å². The van der Waals surface area contributed by atoms with E-state index in [0.717, 1.165) is 10.6 Å². The molecule has 0 aliphatic heterocycles. The quantitative estimate of drug-likeness (QED) is 0.858. The van der Waals surface area contributed by atoms with E-state index in [9.17, 15) is 8.42 Å². The van der Waals surface area contributed by atoms with Crippen molar-refractivity contribution in [3.05, 3.63) is 15.6 Å². The predicted molar refractivity (Wildman–Crippen MR) is 70.4 cm³/mol. The number of nitrogens with two attached hydrogens (primary N) is 1. The average Bonchev–Trinajstić information content (AvgIpc) is 2.44. The number of hydrogen-bond donors (Lipinski definition) is 2. The lowest BCUT2D eigenvalue weighted by Gasteiger charge is -2.17. The molecule has 0 amide bonds. The minimum atomic E-state index is -3.51. The van der Waals surface area contributed by atoms with Crippen LogP contribution in [0, 0.1) is 0 Å². The number of thiazole rings is 1. The zero-order chi connectivity index (χ0) is 13.3. The molecule has 0 fully saturated rings. The van der Waals surface area contributed by atoms with E-state index in [1.807, 2.05) is 7.05 Å². The summed E-state index contributed by atoms with van der Waals surface area (Å²) in [4.78, 5) is 5.47. The lowest BCUT2D eigenvalue weighted by atomic mass is 9.91. The van der Waals surface area contributed by atoms with E-state index in [1.54, 1.807) is 0 Å². The second-order valence-electron chi connectivity index (χ2n) is 4.97. The molecule has 0 saturated carbocycles. The van der Waals surface area contributed by atoms with Crippen LogP contribution >= 0.6 is 11.3 Å².